The summed E-state index contributed by atoms with van der Waals surface area (Å²) in [6.07, 6.45) is -4.74. The normalized spacial score (nSPS) is 15.7. The molecule has 1 aliphatic heterocycles. The molecule has 11 heteroatoms. The van der Waals surface area contributed by atoms with Gasteiger partial charge in [-0.2, -0.15) is 13.2 Å². The van der Waals surface area contributed by atoms with Gasteiger partial charge in [-0.15, -0.1) is 0 Å². The van der Waals surface area contributed by atoms with Crippen molar-refractivity contribution >= 4 is 5.71 Å². The fourth-order valence-electron chi connectivity index (χ4n) is 2.68. The quantitative estimate of drug-likeness (QED) is 0.468. The molecule has 26 heavy (non-hydrogen) atoms. The van der Waals surface area contributed by atoms with Crippen LogP contribution in [-0.4, -0.2) is 26.7 Å². The number of alkyl halides is 3. The number of rotatable bonds is 1. The van der Waals surface area contributed by atoms with Crippen LogP contribution < -0.4 is 16.0 Å². The first-order valence-electron chi connectivity index (χ1n) is 7.23. The molecular weight excluding hydrogens is 362 g/mol. The maximum Gasteiger partial charge on any atom is 0.431 e. The van der Waals surface area contributed by atoms with Gasteiger partial charge in [0.2, 0.25) is 0 Å². The van der Waals surface area contributed by atoms with Gasteiger partial charge in [-0.25, -0.2) is 13.8 Å². The van der Waals surface area contributed by atoms with Gasteiger partial charge in [-0.3, -0.25) is 9.36 Å². The Morgan fingerprint density at radius 3 is 2.54 bits per heavy atom. The zero-order chi connectivity index (χ0) is 19.2. The van der Waals surface area contributed by atoms with Gasteiger partial charge in [0.25, 0.3) is 5.56 Å². The molecule has 0 saturated heterocycles. The number of nitrogens with zero attached hydrogens (tertiary/aromatic N) is 3. The van der Waals surface area contributed by atoms with Crippen molar-refractivity contribution in [1.82, 2.24) is 9.13 Å². The number of halogens is 4. The van der Waals surface area contributed by atoms with E-state index in [9.17, 15) is 27.2 Å². The van der Waals surface area contributed by atoms with Gasteiger partial charge in [0, 0.05) is 31.2 Å². The van der Waals surface area contributed by atoms with Crippen molar-refractivity contribution in [1.29, 1.82) is 0 Å². The van der Waals surface area contributed by atoms with Crippen molar-refractivity contribution in [3.63, 3.8) is 0 Å². The van der Waals surface area contributed by atoms with Gasteiger partial charge < -0.3 is 9.94 Å². The van der Waals surface area contributed by atoms with Crippen LogP contribution in [0.15, 0.2) is 32.9 Å². The molecule has 2 aromatic rings. The van der Waals surface area contributed by atoms with Crippen LogP contribution in [0.1, 0.15) is 17.7 Å². The van der Waals surface area contributed by atoms with E-state index in [1.807, 2.05) is 0 Å². The molecule has 1 N–H and O–H groups in total. The highest BCUT2D eigenvalue weighted by Crippen LogP contribution is 2.30. The Kier molecular flexibility index (Phi) is 4.09. The second kappa shape index (κ2) is 6.00. The van der Waals surface area contributed by atoms with Crippen molar-refractivity contribution in [3.8, 4) is 11.4 Å². The highest BCUT2D eigenvalue weighted by molar-refractivity contribution is 6.03. The van der Waals surface area contributed by atoms with Gasteiger partial charge in [-0.05, 0) is 6.07 Å². The van der Waals surface area contributed by atoms with Crippen LogP contribution in [0.25, 0.3) is 5.69 Å². The Morgan fingerprint density at radius 2 is 1.92 bits per heavy atom. The Morgan fingerprint density at radius 1 is 1.23 bits per heavy atom. The summed E-state index contributed by atoms with van der Waals surface area (Å²) in [7, 11) is 0.821. The molecule has 0 amide bonds. The number of hydrogen-bond acceptors (Lipinski definition) is 5. The van der Waals surface area contributed by atoms with Crippen LogP contribution in [0.2, 0.25) is 0 Å². The molecular formula is C15H11F4N3O4. The molecule has 0 bridgehead atoms. The van der Waals surface area contributed by atoms with Crippen LogP contribution >= 0.6 is 0 Å². The number of hydrogen-bond donors (Lipinski definition) is 1. The molecule has 1 aromatic heterocycles. The van der Waals surface area contributed by atoms with E-state index in [2.05, 4.69) is 5.16 Å². The number of benzene rings is 1. The van der Waals surface area contributed by atoms with Crippen LogP contribution in [0.3, 0.4) is 0 Å². The fourth-order valence-corrected chi connectivity index (χ4v) is 2.68. The lowest BCUT2D eigenvalue weighted by Crippen LogP contribution is -2.41. The summed E-state index contributed by atoms with van der Waals surface area (Å²) >= 11 is 0. The van der Waals surface area contributed by atoms with Gasteiger partial charge in [0.05, 0.1) is 18.0 Å². The second-order valence-electron chi connectivity index (χ2n) is 5.49. The van der Waals surface area contributed by atoms with Gasteiger partial charge in [0.15, 0.2) is 5.82 Å². The van der Waals surface area contributed by atoms with Crippen LogP contribution in [0, 0.1) is 5.82 Å². The molecule has 0 atom stereocenters. The molecule has 1 aromatic carbocycles. The molecule has 2 heterocycles. The fraction of sp³-hybridized carbons (Fsp3) is 0.267. The molecule has 0 fully saturated rings. The third-order valence-corrected chi connectivity index (χ3v) is 3.93. The third-order valence-electron chi connectivity index (χ3n) is 3.93. The molecule has 0 radical (unpaired) electrons. The molecule has 7 nitrogen and oxygen atoms in total. The second-order valence-corrected chi connectivity index (χ2v) is 5.49. The topological polar surface area (TPSA) is 85.8 Å². The molecule has 1 aliphatic rings. The van der Waals surface area contributed by atoms with E-state index >= 15 is 0 Å². The van der Waals surface area contributed by atoms with E-state index in [4.69, 9.17) is 9.94 Å². The van der Waals surface area contributed by atoms with Gasteiger partial charge in [-0.1, -0.05) is 5.16 Å². The van der Waals surface area contributed by atoms with E-state index in [0.29, 0.717) is 0 Å². The van der Waals surface area contributed by atoms with Crippen molar-refractivity contribution < 1.29 is 27.5 Å². The zero-order valence-corrected chi connectivity index (χ0v) is 13.2. The van der Waals surface area contributed by atoms with Crippen molar-refractivity contribution in [3.05, 3.63) is 56.1 Å². The molecule has 0 spiro atoms. The van der Waals surface area contributed by atoms with Gasteiger partial charge in [0.1, 0.15) is 11.4 Å². The first-order valence-corrected chi connectivity index (χ1v) is 7.23. The summed E-state index contributed by atoms with van der Waals surface area (Å²) in [5, 5.41) is 12.1. The molecule has 0 unspecified atom stereocenters. The Labute approximate surface area is 142 Å². The summed E-state index contributed by atoms with van der Waals surface area (Å²) in [5.41, 5.74) is -4.49. The predicted octanol–water partition coefficient (Wildman–Crippen LogP) is 1.65. The van der Waals surface area contributed by atoms with Crippen molar-refractivity contribution in [2.24, 2.45) is 12.2 Å². The Bertz CT molecular complexity index is 1040. The monoisotopic (exact) mass is 373 g/mol. The van der Waals surface area contributed by atoms with E-state index < -0.39 is 34.6 Å². The summed E-state index contributed by atoms with van der Waals surface area (Å²) < 4.78 is 58.8. The van der Waals surface area contributed by atoms with Gasteiger partial charge >= 0.3 is 11.9 Å². The first kappa shape index (κ1) is 17.7. The average molecular weight is 373 g/mol. The maximum atomic E-state index is 14.4. The minimum absolute atomic E-state index is 0.0297. The summed E-state index contributed by atoms with van der Waals surface area (Å²) in [5.74, 6) is -1.02. The predicted molar refractivity (Wildman–Crippen MR) is 80.7 cm³/mol. The average Bonchev–Trinajstić information content (AvgIpc) is 2.57. The standard InChI is InChI=1S/C15H11F4N3O4/c1-21-12(15(17,18)19)6-13(23)22(14(21)24)10-4-7-9(20-25)2-3-26-11(7)5-8(10)16/h4-6,25H,2-3H2,1H3/b20-9-. The number of fused-ring (bicyclic) bond motifs is 1. The van der Waals surface area contributed by atoms with Crippen molar-refractivity contribution in [2.75, 3.05) is 6.61 Å². The third kappa shape index (κ3) is 2.74. The molecule has 138 valence electrons. The molecule has 3 rings (SSSR count). The lowest BCUT2D eigenvalue weighted by atomic mass is 10.0. The largest absolute Gasteiger partial charge is 0.492 e. The van der Waals surface area contributed by atoms with E-state index in [-0.39, 0.29) is 45.3 Å². The van der Waals surface area contributed by atoms with E-state index in [1.165, 1.54) is 0 Å². The van der Waals surface area contributed by atoms with Crippen LogP contribution in [-0.2, 0) is 13.2 Å². The molecule has 0 saturated carbocycles. The smallest absolute Gasteiger partial charge is 0.431 e. The SMILES string of the molecule is Cn1c(C(F)(F)F)cc(=O)n(-c2cc3c(cc2F)OCC/C3=N/O)c1=O. The van der Waals surface area contributed by atoms with Crippen LogP contribution in [0.5, 0.6) is 5.75 Å². The maximum absolute atomic E-state index is 14.4. The summed E-state index contributed by atoms with van der Waals surface area (Å²) in [6, 6.07) is 2.10. The number of ether oxygens (including phenoxy) is 1. The highest BCUT2D eigenvalue weighted by atomic mass is 19.4. The summed E-state index contributed by atoms with van der Waals surface area (Å²) in [6.45, 7) is 0.132. The Hall–Kier alpha value is -3.11. The number of oxime groups is 1. The first-order chi connectivity index (χ1) is 12.1. The Balaban J connectivity index is 2.31. The van der Waals surface area contributed by atoms with Crippen LogP contribution in [0.4, 0.5) is 17.6 Å². The lowest BCUT2D eigenvalue weighted by molar-refractivity contribution is -0.144. The minimum atomic E-state index is -4.93. The molecule has 0 aliphatic carbocycles. The van der Waals surface area contributed by atoms with E-state index in [1.54, 1.807) is 0 Å². The number of aromatic nitrogens is 2. The van der Waals surface area contributed by atoms with Crippen molar-refractivity contribution in [2.45, 2.75) is 12.6 Å². The highest BCUT2D eigenvalue weighted by Gasteiger charge is 2.35. The summed E-state index contributed by atoms with van der Waals surface area (Å²) in [4.78, 5) is 24.4. The van der Waals surface area contributed by atoms with E-state index in [0.717, 1.165) is 19.2 Å². The zero-order valence-electron chi connectivity index (χ0n) is 13.2. The lowest BCUT2D eigenvalue weighted by Gasteiger charge is -2.20. The minimum Gasteiger partial charge on any atom is -0.492 e.